The molecule has 2 aromatic rings. The van der Waals surface area contributed by atoms with Crippen LogP contribution in [0.2, 0.25) is 0 Å². The minimum atomic E-state index is 0.205. The van der Waals surface area contributed by atoms with Gasteiger partial charge in [-0.25, -0.2) is 0 Å². The molecule has 1 aliphatic carbocycles. The topological polar surface area (TPSA) is 9.23 Å². The van der Waals surface area contributed by atoms with E-state index in [0.717, 1.165) is 12.2 Å². The van der Waals surface area contributed by atoms with Crippen molar-refractivity contribution < 1.29 is 4.74 Å². The summed E-state index contributed by atoms with van der Waals surface area (Å²) in [6.45, 7) is 4.51. The predicted octanol–water partition coefficient (Wildman–Crippen LogP) is 4.78. The molecule has 2 atom stereocenters. The van der Waals surface area contributed by atoms with E-state index in [2.05, 4.69) is 72.2 Å². The summed E-state index contributed by atoms with van der Waals surface area (Å²) >= 11 is 3.71. The normalized spacial score (nSPS) is 25.7. The second-order valence-electron chi connectivity index (χ2n) is 5.61. The zero-order valence-corrected chi connectivity index (χ0v) is 12.3. The molecule has 1 nitrogen and oxygen atoms in total. The van der Waals surface area contributed by atoms with Crippen LogP contribution < -0.4 is 4.74 Å². The van der Waals surface area contributed by atoms with Gasteiger partial charge in [0.05, 0.1) is 0 Å². The summed E-state index contributed by atoms with van der Waals surface area (Å²) in [5, 5.41) is 2.44. The summed E-state index contributed by atoms with van der Waals surface area (Å²) in [6.07, 6.45) is 1.38. The van der Waals surface area contributed by atoms with Crippen LogP contribution in [0.15, 0.2) is 42.5 Å². The standard InChI is InChI=1S/C16H17BrO/c1-16(2)14(17)10-15(16)18-13-9-5-7-11-6-3-4-8-12(11)13/h3-9,14-15H,10H2,1-2H3. The van der Waals surface area contributed by atoms with E-state index in [1.807, 2.05) is 0 Å². The number of ether oxygens (including phenoxy) is 1. The van der Waals surface area contributed by atoms with Crippen LogP contribution in [-0.2, 0) is 0 Å². The van der Waals surface area contributed by atoms with Crippen LogP contribution in [0.1, 0.15) is 20.3 Å². The first kappa shape index (κ1) is 12.0. The molecule has 0 saturated heterocycles. The fourth-order valence-corrected chi connectivity index (χ4v) is 3.12. The fraction of sp³-hybridized carbons (Fsp3) is 0.375. The Hall–Kier alpha value is -1.02. The predicted molar refractivity (Wildman–Crippen MR) is 79.5 cm³/mol. The summed E-state index contributed by atoms with van der Waals surface area (Å²) < 4.78 is 6.22. The van der Waals surface area contributed by atoms with Crippen LogP contribution >= 0.6 is 15.9 Å². The zero-order chi connectivity index (χ0) is 12.8. The molecule has 3 rings (SSSR count). The Kier molecular flexibility index (Phi) is 2.86. The number of rotatable bonds is 2. The van der Waals surface area contributed by atoms with Gasteiger partial charge in [0.1, 0.15) is 11.9 Å². The highest BCUT2D eigenvalue weighted by Crippen LogP contribution is 2.47. The van der Waals surface area contributed by atoms with Crippen LogP contribution in [0.25, 0.3) is 10.8 Å². The average Bonchev–Trinajstić information content (AvgIpc) is 2.39. The lowest BCUT2D eigenvalue weighted by Gasteiger charge is -2.48. The van der Waals surface area contributed by atoms with E-state index in [0.29, 0.717) is 10.9 Å². The van der Waals surface area contributed by atoms with Gasteiger partial charge in [-0.05, 0) is 17.9 Å². The lowest BCUT2D eigenvalue weighted by atomic mass is 9.69. The van der Waals surface area contributed by atoms with Gasteiger partial charge in [-0.1, -0.05) is 66.2 Å². The molecule has 0 spiro atoms. The van der Waals surface area contributed by atoms with Crippen molar-refractivity contribution in [1.82, 2.24) is 0 Å². The van der Waals surface area contributed by atoms with Crippen LogP contribution in [0.4, 0.5) is 0 Å². The molecule has 0 amide bonds. The Balaban J connectivity index is 1.92. The first-order valence-electron chi connectivity index (χ1n) is 6.37. The van der Waals surface area contributed by atoms with E-state index in [1.54, 1.807) is 0 Å². The quantitative estimate of drug-likeness (QED) is 0.726. The molecule has 2 unspecified atom stereocenters. The highest BCUT2D eigenvalue weighted by molar-refractivity contribution is 9.09. The van der Waals surface area contributed by atoms with E-state index in [1.165, 1.54) is 10.8 Å². The third-order valence-corrected chi connectivity index (χ3v) is 5.63. The molecule has 0 N–H and O–H groups in total. The van der Waals surface area contributed by atoms with Gasteiger partial charge in [-0.3, -0.25) is 0 Å². The second kappa shape index (κ2) is 4.27. The molecule has 94 valence electrons. The Morgan fingerprint density at radius 1 is 1.11 bits per heavy atom. The number of halogens is 1. The maximum atomic E-state index is 6.22. The number of fused-ring (bicyclic) bond motifs is 1. The molecular weight excluding hydrogens is 288 g/mol. The van der Waals surface area contributed by atoms with E-state index >= 15 is 0 Å². The lowest BCUT2D eigenvalue weighted by Crippen LogP contribution is -2.53. The minimum absolute atomic E-state index is 0.205. The summed E-state index contributed by atoms with van der Waals surface area (Å²) in [4.78, 5) is 0.560. The van der Waals surface area contributed by atoms with Crippen molar-refractivity contribution in [2.24, 2.45) is 5.41 Å². The molecule has 0 bridgehead atoms. The number of hydrogen-bond acceptors (Lipinski definition) is 1. The van der Waals surface area contributed by atoms with Gasteiger partial charge in [-0.15, -0.1) is 0 Å². The van der Waals surface area contributed by atoms with Crippen LogP contribution in [0, 0.1) is 5.41 Å². The van der Waals surface area contributed by atoms with Crippen molar-refractivity contribution >= 4 is 26.7 Å². The van der Waals surface area contributed by atoms with E-state index in [4.69, 9.17) is 4.74 Å². The molecule has 2 aromatic carbocycles. The Labute approximate surface area is 116 Å². The molecule has 0 aromatic heterocycles. The fourth-order valence-electron chi connectivity index (χ4n) is 2.49. The van der Waals surface area contributed by atoms with Gasteiger partial charge in [0.2, 0.25) is 0 Å². The maximum absolute atomic E-state index is 6.22. The second-order valence-corrected chi connectivity index (χ2v) is 6.71. The van der Waals surface area contributed by atoms with Gasteiger partial charge in [0, 0.05) is 15.6 Å². The molecule has 0 radical (unpaired) electrons. The van der Waals surface area contributed by atoms with Crippen molar-refractivity contribution in [3.63, 3.8) is 0 Å². The maximum Gasteiger partial charge on any atom is 0.127 e. The van der Waals surface area contributed by atoms with Crippen molar-refractivity contribution in [3.05, 3.63) is 42.5 Å². The van der Waals surface area contributed by atoms with Crippen LogP contribution in [0.5, 0.6) is 5.75 Å². The molecule has 1 aliphatic rings. The van der Waals surface area contributed by atoms with Gasteiger partial charge < -0.3 is 4.74 Å². The summed E-state index contributed by atoms with van der Waals surface area (Å²) in [5.74, 6) is 1.01. The SMILES string of the molecule is CC1(C)C(Br)CC1Oc1cccc2ccccc12. The van der Waals surface area contributed by atoms with Crippen molar-refractivity contribution in [2.45, 2.75) is 31.2 Å². The first-order chi connectivity index (χ1) is 8.59. The molecular formula is C16H17BrO. The first-order valence-corrected chi connectivity index (χ1v) is 7.29. The molecule has 1 saturated carbocycles. The molecule has 0 aliphatic heterocycles. The molecule has 1 fully saturated rings. The zero-order valence-electron chi connectivity index (χ0n) is 10.7. The minimum Gasteiger partial charge on any atom is -0.489 e. The van der Waals surface area contributed by atoms with Crippen molar-refractivity contribution in [3.8, 4) is 5.75 Å². The van der Waals surface area contributed by atoms with E-state index in [9.17, 15) is 0 Å². The molecule has 0 heterocycles. The van der Waals surface area contributed by atoms with Crippen LogP contribution in [-0.4, -0.2) is 10.9 Å². The molecule has 18 heavy (non-hydrogen) atoms. The largest absolute Gasteiger partial charge is 0.489 e. The third kappa shape index (κ3) is 1.83. The summed E-state index contributed by atoms with van der Waals surface area (Å²) in [7, 11) is 0. The lowest BCUT2D eigenvalue weighted by molar-refractivity contribution is -0.00675. The van der Waals surface area contributed by atoms with Gasteiger partial charge >= 0.3 is 0 Å². The van der Waals surface area contributed by atoms with Crippen LogP contribution in [0.3, 0.4) is 0 Å². The van der Waals surface area contributed by atoms with Crippen molar-refractivity contribution in [2.75, 3.05) is 0 Å². The van der Waals surface area contributed by atoms with Gasteiger partial charge in [0.25, 0.3) is 0 Å². The summed E-state index contributed by atoms with van der Waals surface area (Å²) in [6, 6.07) is 14.6. The number of alkyl halides is 1. The Morgan fingerprint density at radius 2 is 1.83 bits per heavy atom. The number of hydrogen-bond donors (Lipinski definition) is 0. The average molecular weight is 305 g/mol. The third-order valence-electron chi connectivity index (χ3n) is 4.08. The summed E-state index contributed by atoms with van der Waals surface area (Å²) in [5.41, 5.74) is 0.205. The highest BCUT2D eigenvalue weighted by Gasteiger charge is 2.48. The molecule has 2 heteroatoms. The Morgan fingerprint density at radius 3 is 2.56 bits per heavy atom. The highest BCUT2D eigenvalue weighted by atomic mass is 79.9. The smallest absolute Gasteiger partial charge is 0.127 e. The number of benzene rings is 2. The van der Waals surface area contributed by atoms with Crippen molar-refractivity contribution in [1.29, 1.82) is 0 Å². The van der Waals surface area contributed by atoms with E-state index < -0.39 is 0 Å². The Bertz CT molecular complexity index is 571. The van der Waals surface area contributed by atoms with Gasteiger partial charge in [-0.2, -0.15) is 0 Å². The van der Waals surface area contributed by atoms with E-state index in [-0.39, 0.29) is 5.41 Å². The monoisotopic (exact) mass is 304 g/mol. The van der Waals surface area contributed by atoms with Gasteiger partial charge in [0.15, 0.2) is 0 Å².